The summed E-state index contributed by atoms with van der Waals surface area (Å²) in [5, 5.41) is 0. The van der Waals surface area contributed by atoms with Crippen LogP contribution in [0.15, 0.2) is 48.5 Å². The highest BCUT2D eigenvalue weighted by Gasteiger charge is 1.88. The highest BCUT2D eigenvalue weighted by Crippen LogP contribution is 2.09. The van der Waals surface area contributed by atoms with Crippen molar-refractivity contribution in [3.05, 3.63) is 65.2 Å². The van der Waals surface area contributed by atoms with E-state index in [1.54, 1.807) is 14.2 Å². The third kappa shape index (κ3) is 12.4. The number of hydrogen-bond donors (Lipinski definition) is 0. The van der Waals surface area contributed by atoms with Crippen molar-refractivity contribution in [3.8, 4) is 5.75 Å². The molecule has 0 aliphatic rings. The normalized spacial score (nSPS) is 8.35. The minimum Gasteiger partial charge on any atom is -0.497 e. The van der Waals surface area contributed by atoms with Crippen LogP contribution in [0, 0.1) is 13.8 Å². The van der Waals surface area contributed by atoms with E-state index in [9.17, 15) is 0 Å². The van der Waals surface area contributed by atoms with E-state index in [-0.39, 0.29) is 0 Å². The summed E-state index contributed by atoms with van der Waals surface area (Å²) in [5.41, 5.74) is 3.78. The van der Waals surface area contributed by atoms with Gasteiger partial charge in [0.05, 0.1) is 13.7 Å². The van der Waals surface area contributed by atoms with Gasteiger partial charge in [-0.2, -0.15) is 0 Å². The van der Waals surface area contributed by atoms with Crippen LogP contribution >= 0.6 is 0 Å². The van der Waals surface area contributed by atoms with Gasteiger partial charge in [0, 0.05) is 7.11 Å². The zero-order valence-electron chi connectivity index (χ0n) is 16.1. The molecule has 23 heavy (non-hydrogen) atoms. The molecule has 0 saturated heterocycles. The molecule has 0 fully saturated rings. The van der Waals surface area contributed by atoms with Gasteiger partial charge in [0.1, 0.15) is 5.75 Å². The van der Waals surface area contributed by atoms with Gasteiger partial charge in [-0.3, -0.25) is 0 Å². The van der Waals surface area contributed by atoms with Crippen LogP contribution in [0.4, 0.5) is 0 Å². The SMILES string of the molecule is CC.CC.COCc1ccc(C)cc1.COc1ccc(C)cc1. The number of benzene rings is 2. The Morgan fingerprint density at radius 1 is 0.652 bits per heavy atom. The van der Waals surface area contributed by atoms with Crippen molar-refractivity contribution in [1.29, 1.82) is 0 Å². The molecule has 0 bridgehead atoms. The quantitative estimate of drug-likeness (QED) is 0.671. The lowest BCUT2D eigenvalue weighted by Gasteiger charge is -1.98. The van der Waals surface area contributed by atoms with Crippen molar-refractivity contribution in [2.45, 2.75) is 48.1 Å². The maximum Gasteiger partial charge on any atom is 0.118 e. The Labute approximate surface area is 143 Å². The fourth-order valence-corrected chi connectivity index (χ4v) is 1.53. The van der Waals surface area contributed by atoms with Crippen LogP contribution in [-0.4, -0.2) is 14.2 Å². The molecule has 0 N–H and O–H groups in total. The van der Waals surface area contributed by atoms with E-state index < -0.39 is 0 Å². The Kier molecular flexibility index (Phi) is 16.9. The summed E-state index contributed by atoms with van der Waals surface area (Å²) in [5.74, 6) is 0.917. The van der Waals surface area contributed by atoms with Gasteiger partial charge in [-0.05, 0) is 31.5 Å². The molecule has 0 unspecified atom stereocenters. The summed E-state index contributed by atoms with van der Waals surface area (Å²) >= 11 is 0. The van der Waals surface area contributed by atoms with Crippen molar-refractivity contribution in [3.63, 3.8) is 0 Å². The van der Waals surface area contributed by atoms with E-state index in [2.05, 4.69) is 38.1 Å². The predicted octanol–water partition coefficient (Wildman–Crippen LogP) is 6.20. The average Bonchev–Trinajstić information content (AvgIpc) is 2.62. The molecule has 2 heteroatoms. The van der Waals surface area contributed by atoms with Crippen molar-refractivity contribution in [2.24, 2.45) is 0 Å². The first-order valence-corrected chi connectivity index (χ1v) is 8.31. The van der Waals surface area contributed by atoms with Crippen LogP contribution in [0.2, 0.25) is 0 Å². The Morgan fingerprint density at radius 3 is 1.39 bits per heavy atom. The number of rotatable bonds is 3. The molecule has 130 valence electrons. The van der Waals surface area contributed by atoms with E-state index in [0.29, 0.717) is 6.61 Å². The second kappa shape index (κ2) is 16.6. The molecule has 0 spiro atoms. The van der Waals surface area contributed by atoms with Crippen molar-refractivity contribution >= 4 is 0 Å². The van der Waals surface area contributed by atoms with Gasteiger partial charge in [-0.1, -0.05) is 75.2 Å². The first-order valence-electron chi connectivity index (χ1n) is 8.31. The monoisotopic (exact) mass is 318 g/mol. The molecule has 0 atom stereocenters. The van der Waals surface area contributed by atoms with E-state index in [1.165, 1.54) is 16.7 Å². The third-order valence-corrected chi connectivity index (χ3v) is 2.69. The van der Waals surface area contributed by atoms with Crippen LogP contribution in [0.1, 0.15) is 44.4 Å². The maximum atomic E-state index is 4.97. The van der Waals surface area contributed by atoms with Crippen LogP contribution in [0.5, 0.6) is 5.75 Å². The van der Waals surface area contributed by atoms with E-state index >= 15 is 0 Å². The highest BCUT2D eigenvalue weighted by atomic mass is 16.5. The minimum atomic E-state index is 0.709. The van der Waals surface area contributed by atoms with E-state index in [0.717, 1.165) is 5.75 Å². The van der Waals surface area contributed by atoms with Crippen LogP contribution < -0.4 is 4.74 Å². The first-order chi connectivity index (χ1) is 11.2. The Morgan fingerprint density at radius 2 is 1.04 bits per heavy atom. The van der Waals surface area contributed by atoms with Gasteiger partial charge >= 0.3 is 0 Å². The van der Waals surface area contributed by atoms with Gasteiger partial charge < -0.3 is 9.47 Å². The molecule has 2 rings (SSSR count). The summed E-state index contributed by atoms with van der Waals surface area (Å²) < 4.78 is 9.94. The molecule has 2 aromatic rings. The van der Waals surface area contributed by atoms with Crippen LogP contribution in [0.25, 0.3) is 0 Å². The minimum absolute atomic E-state index is 0.709. The van der Waals surface area contributed by atoms with E-state index in [1.807, 2.05) is 52.0 Å². The van der Waals surface area contributed by atoms with Crippen LogP contribution in [0.3, 0.4) is 0 Å². The number of ether oxygens (including phenoxy) is 2. The molecule has 0 aliphatic heterocycles. The third-order valence-electron chi connectivity index (χ3n) is 2.69. The summed E-state index contributed by atoms with van der Waals surface area (Å²) in [6.45, 7) is 12.8. The second-order valence-electron chi connectivity index (χ2n) is 4.44. The zero-order chi connectivity index (χ0) is 18.1. The smallest absolute Gasteiger partial charge is 0.118 e. The van der Waals surface area contributed by atoms with Crippen LogP contribution in [-0.2, 0) is 11.3 Å². The molecule has 0 radical (unpaired) electrons. The fourth-order valence-electron chi connectivity index (χ4n) is 1.53. The molecule has 0 heterocycles. The Hall–Kier alpha value is -1.80. The van der Waals surface area contributed by atoms with Gasteiger partial charge in [0.2, 0.25) is 0 Å². The summed E-state index contributed by atoms with van der Waals surface area (Å²) in [6, 6.07) is 16.3. The van der Waals surface area contributed by atoms with Gasteiger partial charge in [0.15, 0.2) is 0 Å². The first kappa shape index (κ1) is 23.5. The second-order valence-corrected chi connectivity index (χ2v) is 4.44. The molecular weight excluding hydrogens is 284 g/mol. The number of methoxy groups -OCH3 is 2. The van der Waals surface area contributed by atoms with Gasteiger partial charge in [-0.25, -0.2) is 0 Å². The molecular formula is C21H34O2. The summed E-state index contributed by atoms with van der Waals surface area (Å²) in [7, 11) is 3.38. The fraction of sp³-hybridized carbons (Fsp3) is 0.429. The lowest BCUT2D eigenvalue weighted by atomic mass is 10.2. The topological polar surface area (TPSA) is 18.5 Å². The summed E-state index contributed by atoms with van der Waals surface area (Å²) in [6.07, 6.45) is 0. The van der Waals surface area contributed by atoms with Crippen molar-refractivity contribution < 1.29 is 9.47 Å². The van der Waals surface area contributed by atoms with E-state index in [4.69, 9.17) is 9.47 Å². The number of hydrogen-bond acceptors (Lipinski definition) is 2. The standard InChI is InChI=1S/C9H12O.C8H10O.2C2H6/c1-8-3-5-9(6-4-8)7-10-2;1-7-3-5-8(9-2)6-4-7;2*1-2/h3-6H,7H2,1-2H3;3-6H,1-2H3;2*1-2H3. The molecule has 2 aromatic carbocycles. The average molecular weight is 319 g/mol. The Bertz CT molecular complexity index is 458. The maximum absolute atomic E-state index is 4.97. The molecule has 0 amide bonds. The summed E-state index contributed by atoms with van der Waals surface area (Å²) in [4.78, 5) is 0. The van der Waals surface area contributed by atoms with Gasteiger partial charge in [-0.15, -0.1) is 0 Å². The lowest BCUT2D eigenvalue weighted by Crippen LogP contribution is -1.85. The molecule has 0 aliphatic carbocycles. The molecule has 2 nitrogen and oxygen atoms in total. The van der Waals surface area contributed by atoms with Crippen molar-refractivity contribution in [2.75, 3.05) is 14.2 Å². The largest absolute Gasteiger partial charge is 0.497 e. The highest BCUT2D eigenvalue weighted by molar-refractivity contribution is 5.25. The van der Waals surface area contributed by atoms with Gasteiger partial charge in [0.25, 0.3) is 0 Å². The van der Waals surface area contributed by atoms with Crippen molar-refractivity contribution in [1.82, 2.24) is 0 Å². The number of aryl methyl sites for hydroxylation is 2. The zero-order valence-corrected chi connectivity index (χ0v) is 16.1. The Balaban J connectivity index is 0. The molecule has 0 aromatic heterocycles. The predicted molar refractivity (Wildman–Crippen MR) is 102 cm³/mol. The molecule has 0 saturated carbocycles. The lowest BCUT2D eigenvalue weighted by molar-refractivity contribution is 0.185.